The number of benzene rings is 1. The maximum Gasteiger partial charge on any atom is 0.435 e. The fraction of sp³-hybridized carbons (Fsp3) is 0.379. The SMILES string of the molecule is N#CCn1cc(-c2cnc3c(Nc4ccc(C(=O)N5CCN(C(=O)[C@@H]6CC[C@H](N)C6)CC5)c(Cl)c4)nccn23)c(C(F)(F)F)n1. The first-order valence-corrected chi connectivity index (χ1v) is 14.7. The summed E-state index contributed by atoms with van der Waals surface area (Å²) in [5, 5.41) is 15.7. The standard InChI is InChI=1S/C29H28ClF3N10O2/c30-22-14-19(3-4-20(22)28(45)41-11-9-40(10-12-41)27(44)17-1-2-18(35)13-17)38-25-26-37-15-23(43(26)8-6-36-25)21-16-42(7-5-34)39-24(21)29(31,32)33/h3-4,6,8,14-18H,1-2,7,9-13,35H2,(H,36,38)/t17-,18+/m1/s1. The number of anilines is 2. The molecule has 1 aliphatic carbocycles. The lowest BCUT2D eigenvalue weighted by Crippen LogP contribution is -2.51. The van der Waals surface area contributed by atoms with Crippen molar-refractivity contribution in [3.63, 3.8) is 0 Å². The van der Waals surface area contributed by atoms with Crippen molar-refractivity contribution >= 4 is 40.6 Å². The van der Waals surface area contributed by atoms with Crippen molar-refractivity contribution < 1.29 is 22.8 Å². The third kappa shape index (κ3) is 6.03. The number of carbonyl (C=O) groups is 2. The molecule has 2 amide bonds. The molecule has 0 spiro atoms. The minimum absolute atomic E-state index is 0.0450. The van der Waals surface area contributed by atoms with E-state index in [-0.39, 0.29) is 58.1 Å². The lowest BCUT2D eigenvalue weighted by atomic mass is 10.1. The quantitative estimate of drug-likeness (QED) is 0.322. The fourth-order valence-corrected chi connectivity index (χ4v) is 6.14. The highest BCUT2D eigenvalue weighted by molar-refractivity contribution is 6.34. The van der Waals surface area contributed by atoms with E-state index in [9.17, 15) is 22.8 Å². The number of rotatable bonds is 6. The fourth-order valence-electron chi connectivity index (χ4n) is 5.88. The maximum absolute atomic E-state index is 13.8. The summed E-state index contributed by atoms with van der Waals surface area (Å²) >= 11 is 6.54. The molecule has 1 saturated heterocycles. The molecule has 12 nitrogen and oxygen atoms in total. The predicted molar refractivity (Wildman–Crippen MR) is 157 cm³/mol. The second-order valence-electron chi connectivity index (χ2n) is 11.1. The molecule has 2 fully saturated rings. The lowest BCUT2D eigenvalue weighted by molar-refractivity contribution is -0.141. The zero-order valence-electron chi connectivity index (χ0n) is 23.8. The third-order valence-corrected chi connectivity index (χ3v) is 8.44. The molecule has 2 atom stereocenters. The molecule has 1 aliphatic heterocycles. The van der Waals surface area contributed by atoms with Gasteiger partial charge in [-0.05, 0) is 37.5 Å². The Hall–Kier alpha value is -4.68. The van der Waals surface area contributed by atoms with Crippen LogP contribution in [0.15, 0.2) is 43.0 Å². The number of alkyl halides is 3. The third-order valence-electron chi connectivity index (χ3n) is 8.13. The number of nitrogens with zero attached hydrogens (tertiary/aromatic N) is 8. The van der Waals surface area contributed by atoms with Crippen molar-refractivity contribution in [1.82, 2.24) is 33.9 Å². The van der Waals surface area contributed by atoms with E-state index in [1.54, 1.807) is 34.1 Å². The summed E-state index contributed by atoms with van der Waals surface area (Å²) in [5.41, 5.74) is 5.72. The highest BCUT2D eigenvalue weighted by Gasteiger charge is 2.38. The van der Waals surface area contributed by atoms with Crippen molar-refractivity contribution in [3.05, 3.63) is 59.3 Å². The van der Waals surface area contributed by atoms with Gasteiger partial charge in [0.15, 0.2) is 17.2 Å². The monoisotopic (exact) mass is 640 g/mol. The second-order valence-corrected chi connectivity index (χ2v) is 11.5. The number of piperazine rings is 1. The first-order chi connectivity index (χ1) is 21.5. The molecular formula is C29H28ClF3N10O2. The number of hydrogen-bond acceptors (Lipinski definition) is 8. The highest BCUT2D eigenvalue weighted by atomic mass is 35.5. The van der Waals surface area contributed by atoms with Gasteiger partial charge in [0.25, 0.3) is 5.91 Å². The average molecular weight is 641 g/mol. The predicted octanol–water partition coefficient (Wildman–Crippen LogP) is 3.94. The van der Waals surface area contributed by atoms with Gasteiger partial charge >= 0.3 is 6.18 Å². The van der Waals surface area contributed by atoms with Gasteiger partial charge in [-0.15, -0.1) is 0 Å². The average Bonchev–Trinajstić information content (AvgIpc) is 3.75. The van der Waals surface area contributed by atoms with Crippen molar-refractivity contribution in [2.45, 2.75) is 38.0 Å². The van der Waals surface area contributed by atoms with Crippen molar-refractivity contribution in [1.29, 1.82) is 5.26 Å². The molecule has 4 aromatic rings. The lowest BCUT2D eigenvalue weighted by Gasteiger charge is -2.36. The van der Waals surface area contributed by atoms with Crippen molar-refractivity contribution in [2.24, 2.45) is 11.7 Å². The molecule has 1 saturated carbocycles. The Morgan fingerprint density at radius 1 is 1.13 bits per heavy atom. The van der Waals surface area contributed by atoms with Crippen LogP contribution in [-0.2, 0) is 17.5 Å². The number of aromatic nitrogens is 5. The second kappa shape index (κ2) is 12.0. The molecule has 1 aromatic carbocycles. The zero-order valence-corrected chi connectivity index (χ0v) is 24.6. The smallest absolute Gasteiger partial charge is 0.339 e. The van der Waals surface area contributed by atoms with Crippen LogP contribution >= 0.6 is 11.6 Å². The molecule has 3 N–H and O–H groups in total. The van der Waals surface area contributed by atoms with E-state index in [4.69, 9.17) is 22.6 Å². The Morgan fingerprint density at radius 3 is 2.56 bits per heavy atom. The van der Waals surface area contributed by atoms with E-state index in [1.165, 1.54) is 23.0 Å². The zero-order chi connectivity index (χ0) is 31.9. The van der Waals surface area contributed by atoms with Crippen molar-refractivity contribution in [3.8, 4) is 17.3 Å². The topological polar surface area (TPSA) is 150 Å². The summed E-state index contributed by atoms with van der Waals surface area (Å²) in [6.07, 6.45) is 2.90. The molecule has 234 valence electrons. The van der Waals surface area contributed by atoms with Crippen LogP contribution in [0.5, 0.6) is 0 Å². The molecule has 0 unspecified atom stereocenters. The number of halogens is 4. The van der Waals surface area contributed by atoms with E-state index in [0.29, 0.717) is 43.9 Å². The summed E-state index contributed by atoms with van der Waals surface area (Å²) in [7, 11) is 0. The molecule has 6 rings (SSSR count). The van der Waals surface area contributed by atoms with Crippen LogP contribution in [-0.4, -0.2) is 78.0 Å². The van der Waals surface area contributed by atoms with Crippen LogP contribution in [0.1, 0.15) is 35.3 Å². The van der Waals surface area contributed by atoms with Crippen LogP contribution in [0.4, 0.5) is 24.7 Å². The van der Waals surface area contributed by atoms with Gasteiger partial charge in [0.1, 0.15) is 6.54 Å². The van der Waals surface area contributed by atoms with Gasteiger partial charge in [-0.1, -0.05) is 11.6 Å². The molecule has 3 aromatic heterocycles. The Bertz CT molecular complexity index is 1810. The molecule has 0 bridgehead atoms. The van der Waals surface area contributed by atoms with Gasteiger partial charge in [0, 0.05) is 62.4 Å². The van der Waals surface area contributed by atoms with E-state index < -0.39 is 11.9 Å². The Morgan fingerprint density at radius 2 is 1.89 bits per heavy atom. The maximum atomic E-state index is 13.8. The number of nitrogens with one attached hydrogen (secondary N) is 1. The van der Waals surface area contributed by atoms with Crippen LogP contribution < -0.4 is 11.1 Å². The van der Waals surface area contributed by atoms with Crippen LogP contribution in [0.3, 0.4) is 0 Å². The van der Waals surface area contributed by atoms with Gasteiger partial charge in [0.05, 0.1) is 34.1 Å². The number of nitriles is 1. The summed E-state index contributed by atoms with van der Waals surface area (Å²) in [5.74, 6) is 0.0426. The number of carbonyl (C=O) groups excluding carboxylic acids is 2. The Kier molecular flexibility index (Phi) is 8.10. The van der Waals surface area contributed by atoms with Crippen molar-refractivity contribution in [2.75, 3.05) is 31.5 Å². The largest absolute Gasteiger partial charge is 0.435 e. The van der Waals surface area contributed by atoms with Crippen LogP contribution in [0.25, 0.3) is 16.9 Å². The number of fused-ring (bicyclic) bond motifs is 1. The molecule has 0 radical (unpaired) electrons. The van der Waals surface area contributed by atoms with Crippen LogP contribution in [0, 0.1) is 17.2 Å². The van der Waals surface area contributed by atoms with Gasteiger partial charge in [-0.3, -0.25) is 18.7 Å². The van der Waals surface area contributed by atoms with E-state index in [1.807, 2.05) is 0 Å². The normalized spacial score (nSPS) is 18.8. The number of imidazole rings is 1. The molecule has 4 heterocycles. The van der Waals surface area contributed by atoms with Gasteiger partial charge in [-0.25, -0.2) is 9.97 Å². The first kappa shape index (κ1) is 30.4. The summed E-state index contributed by atoms with van der Waals surface area (Å²) < 4.78 is 43.6. The summed E-state index contributed by atoms with van der Waals surface area (Å²) in [6, 6.07) is 6.64. The minimum atomic E-state index is -4.75. The minimum Gasteiger partial charge on any atom is -0.339 e. The molecular weight excluding hydrogens is 613 g/mol. The molecule has 45 heavy (non-hydrogen) atoms. The first-order valence-electron chi connectivity index (χ1n) is 14.3. The molecule has 16 heteroatoms. The van der Waals surface area contributed by atoms with E-state index in [2.05, 4.69) is 20.4 Å². The van der Waals surface area contributed by atoms with Crippen LogP contribution in [0.2, 0.25) is 5.02 Å². The van der Waals surface area contributed by atoms with E-state index in [0.717, 1.165) is 23.7 Å². The molecule has 2 aliphatic rings. The number of amides is 2. The Labute approximate surface area is 260 Å². The highest BCUT2D eigenvalue weighted by Crippen LogP contribution is 2.37. The van der Waals surface area contributed by atoms with Gasteiger partial charge in [0.2, 0.25) is 5.91 Å². The summed E-state index contributed by atoms with van der Waals surface area (Å²) in [4.78, 5) is 38.2. The van der Waals surface area contributed by atoms with Gasteiger partial charge < -0.3 is 20.9 Å². The number of hydrogen-bond donors (Lipinski definition) is 2. The summed E-state index contributed by atoms with van der Waals surface area (Å²) in [6.45, 7) is 1.32. The number of nitrogens with two attached hydrogens (primary N) is 1. The van der Waals surface area contributed by atoms with Gasteiger partial charge in [-0.2, -0.15) is 23.5 Å². The Balaban J connectivity index is 1.17. The van der Waals surface area contributed by atoms with E-state index >= 15 is 0 Å².